The highest BCUT2D eigenvalue weighted by Crippen LogP contribution is 2.32. The largest absolute Gasteiger partial charge is 0.507 e. The smallest absolute Gasteiger partial charge is 0.122 e. The lowest BCUT2D eigenvalue weighted by Crippen LogP contribution is -1.98. The average molecular weight is 194 g/mol. The van der Waals surface area contributed by atoms with Crippen molar-refractivity contribution in [1.29, 1.82) is 0 Å². The van der Waals surface area contributed by atoms with Crippen LogP contribution in [0.5, 0.6) is 11.5 Å². The van der Waals surface area contributed by atoms with Gasteiger partial charge in [-0.05, 0) is 44.4 Å². The molecular formula is C12H18O2. The Labute approximate surface area is 85.5 Å². The van der Waals surface area contributed by atoms with E-state index in [4.69, 9.17) is 4.74 Å². The summed E-state index contributed by atoms with van der Waals surface area (Å²) in [5.74, 6) is 1.30. The van der Waals surface area contributed by atoms with Crippen LogP contribution in [0.4, 0.5) is 0 Å². The minimum Gasteiger partial charge on any atom is -0.507 e. The molecule has 0 aliphatic rings. The summed E-state index contributed by atoms with van der Waals surface area (Å²) in [6, 6.07) is 1.90. The Bertz CT molecular complexity index is 330. The van der Waals surface area contributed by atoms with E-state index in [0.29, 0.717) is 12.4 Å². The summed E-state index contributed by atoms with van der Waals surface area (Å²) < 4.78 is 5.50. The van der Waals surface area contributed by atoms with Crippen LogP contribution in [0.2, 0.25) is 0 Å². The monoisotopic (exact) mass is 194 g/mol. The van der Waals surface area contributed by atoms with Crippen LogP contribution in [0.15, 0.2) is 6.07 Å². The van der Waals surface area contributed by atoms with E-state index in [1.807, 2.05) is 33.8 Å². The quantitative estimate of drug-likeness (QED) is 0.801. The first kappa shape index (κ1) is 10.9. The first-order chi connectivity index (χ1) is 6.61. The Morgan fingerprint density at radius 2 is 1.93 bits per heavy atom. The predicted molar refractivity (Wildman–Crippen MR) is 58.1 cm³/mol. The second kappa shape index (κ2) is 4.36. The summed E-state index contributed by atoms with van der Waals surface area (Å²) in [7, 11) is 0. The van der Waals surface area contributed by atoms with Gasteiger partial charge in [-0.2, -0.15) is 0 Å². The molecule has 1 aromatic carbocycles. The number of hydrogen-bond acceptors (Lipinski definition) is 2. The van der Waals surface area contributed by atoms with Crippen molar-refractivity contribution in [3.63, 3.8) is 0 Å². The molecule has 0 saturated heterocycles. The van der Waals surface area contributed by atoms with Crippen LogP contribution in [-0.4, -0.2) is 11.7 Å². The lowest BCUT2D eigenvalue weighted by atomic mass is 10.0. The summed E-state index contributed by atoms with van der Waals surface area (Å²) in [4.78, 5) is 0. The van der Waals surface area contributed by atoms with Gasteiger partial charge in [-0.1, -0.05) is 6.92 Å². The van der Waals surface area contributed by atoms with Crippen molar-refractivity contribution in [2.45, 2.75) is 34.1 Å². The summed E-state index contributed by atoms with van der Waals surface area (Å²) >= 11 is 0. The third kappa shape index (κ3) is 1.84. The molecule has 0 saturated carbocycles. The normalized spacial score (nSPS) is 10.3. The number of ether oxygens (including phenoxy) is 1. The van der Waals surface area contributed by atoms with Gasteiger partial charge in [0.25, 0.3) is 0 Å². The van der Waals surface area contributed by atoms with Crippen LogP contribution >= 0.6 is 0 Å². The van der Waals surface area contributed by atoms with E-state index in [-0.39, 0.29) is 0 Å². The fourth-order valence-electron chi connectivity index (χ4n) is 1.68. The SMILES string of the molecule is CCOc1cc(C)c(O)c(CC)c1C. The standard InChI is InChI=1S/C12H18O2/c1-5-10-9(4)11(14-6-2)7-8(3)12(10)13/h7,13H,5-6H2,1-4H3. The van der Waals surface area contributed by atoms with Crippen molar-refractivity contribution < 1.29 is 9.84 Å². The van der Waals surface area contributed by atoms with Gasteiger partial charge in [0.05, 0.1) is 6.61 Å². The zero-order valence-corrected chi connectivity index (χ0v) is 9.35. The van der Waals surface area contributed by atoms with Gasteiger partial charge in [-0.3, -0.25) is 0 Å². The van der Waals surface area contributed by atoms with Crippen molar-refractivity contribution in [1.82, 2.24) is 0 Å². The van der Waals surface area contributed by atoms with Crippen molar-refractivity contribution in [2.75, 3.05) is 6.61 Å². The molecule has 0 heterocycles. The molecule has 78 valence electrons. The molecule has 2 nitrogen and oxygen atoms in total. The summed E-state index contributed by atoms with van der Waals surface area (Å²) in [6.07, 6.45) is 0.833. The number of phenols is 1. The number of benzene rings is 1. The Hall–Kier alpha value is -1.18. The third-order valence-corrected chi connectivity index (χ3v) is 2.48. The highest BCUT2D eigenvalue weighted by molar-refractivity contribution is 5.51. The van der Waals surface area contributed by atoms with Gasteiger partial charge < -0.3 is 9.84 Å². The highest BCUT2D eigenvalue weighted by atomic mass is 16.5. The first-order valence-electron chi connectivity index (χ1n) is 5.06. The molecule has 0 atom stereocenters. The first-order valence-corrected chi connectivity index (χ1v) is 5.06. The molecule has 0 amide bonds. The molecule has 0 radical (unpaired) electrons. The molecule has 1 rings (SSSR count). The molecular weight excluding hydrogens is 176 g/mol. The molecule has 0 unspecified atom stereocenters. The van der Waals surface area contributed by atoms with E-state index in [0.717, 1.165) is 28.9 Å². The number of hydrogen-bond donors (Lipinski definition) is 1. The zero-order valence-electron chi connectivity index (χ0n) is 9.35. The van der Waals surface area contributed by atoms with Gasteiger partial charge in [0.1, 0.15) is 11.5 Å². The average Bonchev–Trinajstić information content (AvgIpc) is 2.16. The van der Waals surface area contributed by atoms with Gasteiger partial charge >= 0.3 is 0 Å². The van der Waals surface area contributed by atoms with E-state index in [9.17, 15) is 5.11 Å². The maximum absolute atomic E-state index is 9.82. The molecule has 0 fully saturated rings. The Morgan fingerprint density at radius 3 is 2.43 bits per heavy atom. The number of phenolic OH excluding ortho intramolecular Hbond substituents is 1. The van der Waals surface area contributed by atoms with Crippen LogP contribution in [0.1, 0.15) is 30.5 Å². The van der Waals surface area contributed by atoms with Crippen LogP contribution in [0, 0.1) is 13.8 Å². The predicted octanol–water partition coefficient (Wildman–Crippen LogP) is 2.97. The summed E-state index contributed by atoms with van der Waals surface area (Å²) in [6.45, 7) is 8.55. The fourth-order valence-corrected chi connectivity index (χ4v) is 1.68. The minimum absolute atomic E-state index is 0.411. The number of aromatic hydroxyl groups is 1. The summed E-state index contributed by atoms with van der Waals surface area (Å²) in [5.41, 5.74) is 2.93. The van der Waals surface area contributed by atoms with Crippen LogP contribution < -0.4 is 4.74 Å². The van der Waals surface area contributed by atoms with Crippen molar-refractivity contribution in [3.8, 4) is 11.5 Å². The maximum atomic E-state index is 9.82. The van der Waals surface area contributed by atoms with Crippen molar-refractivity contribution in [2.24, 2.45) is 0 Å². The van der Waals surface area contributed by atoms with Gasteiger partial charge in [0, 0.05) is 5.56 Å². The van der Waals surface area contributed by atoms with E-state index in [2.05, 4.69) is 0 Å². The zero-order chi connectivity index (χ0) is 10.7. The van der Waals surface area contributed by atoms with Crippen LogP contribution in [0.3, 0.4) is 0 Å². The van der Waals surface area contributed by atoms with Gasteiger partial charge in [-0.15, -0.1) is 0 Å². The number of aryl methyl sites for hydroxylation is 1. The topological polar surface area (TPSA) is 29.5 Å². The van der Waals surface area contributed by atoms with E-state index >= 15 is 0 Å². The second-order valence-electron chi connectivity index (χ2n) is 3.43. The van der Waals surface area contributed by atoms with Crippen molar-refractivity contribution in [3.05, 3.63) is 22.8 Å². The third-order valence-electron chi connectivity index (χ3n) is 2.48. The fraction of sp³-hybridized carbons (Fsp3) is 0.500. The Kier molecular flexibility index (Phi) is 3.39. The van der Waals surface area contributed by atoms with E-state index in [1.54, 1.807) is 0 Å². The lowest BCUT2D eigenvalue weighted by molar-refractivity contribution is 0.336. The highest BCUT2D eigenvalue weighted by Gasteiger charge is 2.11. The van der Waals surface area contributed by atoms with E-state index < -0.39 is 0 Å². The van der Waals surface area contributed by atoms with Crippen LogP contribution in [0.25, 0.3) is 0 Å². The van der Waals surface area contributed by atoms with Gasteiger partial charge in [0.2, 0.25) is 0 Å². The minimum atomic E-state index is 0.411. The molecule has 2 heteroatoms. The Morgan fingerprint density at radius 1 is 1.29 bits per heavy atom. The molecule has 1 aromatic rings. The maximum Gasteiger partial charge on any atom is 0.122 e. The second-order valence-corrected chi connectivity index (χ2v) is 3.43. The molecule has 0 aliphatic carbocycles. The summed E-state index contributed by atoms with van der Waals surface area (Å²) in [5, 5.41) is 9.82. The molecule has 0 spiro atoms. The van der Waals surface area contributed by atoms with Crippen molar-refractivity contribution >= 4 is 0 Å². The van der Waals surface area contributed by atoms with Crippen LogP contribution in [-0.2, 0) is 6.42 Å². The van der Waals surface area contributed by atoms with E-state index in [1.165, 1.54) is 0 Å². The molecule has 0 aliphatic heterocycles. The lowest BCUT2D eigenvalue weighted by Gasteiger charge is -2.14. The van der Waals surface area contributed by atoms with Gasteiger partial charge in [-0.25, -0.2) is 0 Å². The van der Waals surface area contributed by atoms with Gasteiger partial charge in [0.15, 0.2) is 0 Å². The molecule has 0 aromatic heterocycles. The molecule has 1 N–H and O–H groups in total. The Balaban J connectivity index is 3.27. The molecule has 0 bridgehead atoms. The molecule has 14 heavy (non-hydrogen) atoms. The number of rotatable bonds is 3.